The fourth-order valence-corrected chi connectivity index (χ4v) is 2.88. The predicted molar refractivity (Wildman–Crippen MR) is 102 cm³/mol. The molecule has 0 saturated carbocycles. The number of ether oxygens (including phenoxy) is 1. The van der Waals surface area contributed by atoms with Crippen LogP contribution in [0.4, 0.5) is 0 Å². The van der Waals surface area contributed by atoms with E-state index in [-0.39, 0.29) is 6.42 Å². The molecule has 0 aliphatic carbocycles. The maximum absolute atomic E-state index is 10.7. The van der Waals surface area contributed by atoms with Crippen molar-refractivity contribution in [2.45, 2.75) is 52.4 Å². The third-order valence-electron chi connectivity index (χ3n) is 4.37. The van der Waals surface area contributed by atoms with Crippen LogP contribution in [0.1, 0.15) is 50.7 Å². The van der Waals surface area contributed by atoms with E-state index in [4.69, 9.17) is 9.84 Å². The Hall–Kier alpha value is -2.29. The minimum absolute atomic E-state index is 0.170. The topological polar surface area (TPSA) is 46.5 Å². The summed E-state index contributed by atoms with van der Waals surface area (Å²) in [5.41, 5.74) is 4.70. The molecule has 0 fully saturated rings. The molecule has 25 heavy (non-hydrogen) atoms. The summed E-state index contributed by atoms with van der Waals surface area (Å²) in [7, 11) is 0. The molecule has 3 nitrogen and oxygen atoms in total. The highest BCUT2D eigenvalue weighted by Crippen LogP contribution is 2.28. The lowest BCUT2D eigenvalue weighted by Crippen LogP contribution is -1.99. The summed E-state index contributed by atoms with van der Waals surface area (Å²) in [6.45, 7) is 5.12. The normalized spacial score (nSPS) is 10.6. The van der Waals surface area contributed by atoms with Crippen LogP contribution in [-0.2, 0) is 17.6 Å². The summed E-state index contributed by atoms with van der Waals surface area (Å²) in [6.07, 6.45) is 5.18. The summed E-state index contributed by atoms with van der Waals surface area (Å²) >= 11 is 0. The largest absolute Gasteiger partial charge is 0.494 e. The minimum atomic E-state index is -0.758. The Morgan fingerprint density at radius 1 is 1.04 bits per heavy atom. The van der Waals surface area contributed by atoms with Crippen molar-refractivity contribution < 1.29 is 14.6 Å². The molecular weight excluding hydrogens is 312 g/mol. The van der Waals surface area contributed by atoms with Crippen molar-refractivity contribution in [3.05, 3.63) is 53.6 Å². The molecule has 0 spiro atoms. The lowest BCUT2D eigenvalue weighted by Gasteiger charge is -2.12. The van der Waals surface area contributed by atoms with Crippen LogP contribution in [0.2, 0.25) is 0 Å². The number of unbranched alkanes of at least 4 members (excludes halogenated alkanes) is 2. The SMILES string of the molecule is CCCCCOc1ccc(-c2ccc(CCC(=O)O)cc2)c(CC)c1. The molecule has 0 aliphatic heterocycles. The average molecular weight is 340 g/mol. The lowest BCUT2D eigenvalue weighted by molar-refractivity contribution is -0.136. The van der Waals surface area contributed by atoms with Gasteiger partial charge in [0.25, 0.3) is 0 Å². The number of hydrogen-bond donors (Lipinski definition) is 1. The molecule has 1 N–H and O–H groups in total. The van der Waals surface area contributed by atoms with Gasteiger partial charge in [0.1, 0.15) is 5.75 Å². The Morgan fingerprint density at radius 3 is 2.44 bits per heavy atom. The molecule has 0 heterocycles. The molecule has 0 aliphatic rings. The second-order valence-electron chi connectivity index (χ2n) is 6.32. The maximum Gasteiger partial charge on any atom is 0.303 e. The van der Waals surface area contributed by atoms with Crippen LogP contribution < -0.4 is 4.74 Å². The van der Waals surface area contributed by atoms with E-state index in [0.29, 0.717) is 6.42 Å². The van der Waals surface area contributed by atoms with Crippen LogP contribution in [0.15, 0.2) is 42.5 Å². The Morgan fingerprint density at radius 2 is 1.80 bits per heavy atom. The summed E-state index contributed by atoms with van der Waals surface area (Å²) in [5, 5.41) is 8.78. The van der Waals surface area contributed by atoms with Gasteiger partial charge in [0.2, 0.25) is 0 Å². The molecule has 0 amide bonds. The van der Waals surface area contributed by atoms with Crippen LogP contribution in [0.5, 0.6) is 5.75 Å². The second-order valence-corrected chi connectivity index (χ2v) is 6.32. The Balaban J connectivity index is 2.08. The first kappa shape index (κ1) is 19.0. The van der Waals surface area contributed by atoms with Gasteiger partial charge in [-0.05, 0) is 53.6 Å². The molecule has 134 valence electrons. The average Bonchev–Trinajstić information content (AvgIpc) is 2.64. The molecule has 2 aromatic carbocycles. The van der Waals surface area contributed by atoms with Gasteiger partial charge < -0.3 is 9.84 Å². The smallest absolute Gasteiger partial charge is 0.303 e. The van der Waals surface area contributed by atoms with Gasteiger partial charge in [0, 0.05) is 6.42 Å². The molecule has 0 unspecified atom stereocenters. The third kappa shape index (κ3) is 5.93. The van der Waals surface area contributed by atoms with Gasteiger partial charge in [-0.15, -0.1) is 0 Å². The monoisotopic (exact) mass is 340 g/mol. The summed E-state index contributed by atoms with van der Waals surface area (Å²) in [4.78, 5) is 10.7. The first-order valence-electron chi connectivity index (χ1n) is 9.20. The number of carbonyl (C=O) groups is 1. The Labute approximate surface area is 150 Å². The Kier molecular flexibility index (Phi) is 7.52. The van der Waals surface area contributed by atoms with Crippen LogP contribution >= 0.6 is 0 Å². The zero-order valence-electron chi connectivity index (χ0n) is 15.3. The predicted octanol–water partition coefficient (Wildman–Crippen LogP) is 5.50. The Bertz CT molecular complexity index is 674. The van der Waals surface area contributed by atoms with Crippen molar-refractivity contribution >= 4 is 5.97 Å². The van der Waals surface area contributed by atoms with E-state index >= 15 is 0 Å². The van der Waals surface area contributed by atoms with E-state index < -0.39 is 5.97 Å². The van der Waals surface area contributed by atoms with E-state index in [9.17, 15) is 4.79 Å². The fourth-order valence-electron chi connectivity index (χ4n) is 2.88. The molecule has 0 bridgehead atoms. The highest BCUT2D eigenvalue weighted by molar-refractivity contribution is 5.69. The van der Waals surface area contributed by atoms with Gasteiger partial charge in [0.15, 0.2) is 0 Å². The van der Waals surface area contributed by atoms with Gasteiger partial charge >= 0.3 is 5.97 Å². The quantitative estimate of drug-likeness (QED) is 0.581. The van der Waals surface area contributed by atoms with Gasteiger partial charge in [0.05, 0.1) is 6.61 Å². The van der Waals surface area contributed by atoms with E-state index in [2.05, 4.69) is 38.1 Å². The number of carboxylic acid groups (broad SMARTS) is 1. The second kappa shape index (κ2) is 9.87. The zero-order valence-corrected chi connectivity index (χ0v) is 15.3. The van der Waals surface area contributed by atoms with Crippen molar-refractivity contribution in [3.63, 3.8) is 0 Å². The van der Waals surface area contributed by atoms with E-state index in [0.717, 1.165) is 36.3 Å². The number of aryl methyl sites for hydroxylation is 2. The highest BCUT2D eigenvalue weighted by Gasteiger charge is 2.07. The van der Waals surface area contributed by atoms with E-state index in [1.807, 2.05) is 18.2 Å². The van der Waals surface area contributed by atoms with Gasteiger partial charge in [-0.2, -0.15) is 0 Å². The summed E-state index contributed by atoms with van der Waals surface area (Å²) in [6, 6.07) is 14.5. The number of aliphatic carboxylic acids is 1. The molecule has 0 radical (unpaired) electrons. The first-order valence-corrected chi connectivity index (χ1v) is 9.20. The van der Waals surface area contributed by atoms with Crippen molar-refractivity contribution in [1.29, 1.82) is 0 Å². The van der Waals surface area contributed by atoms with Crippen LogP contribution in [0.3, 0.4) is 0 Å². The standard InChI is InChI=1S/C22H28O3/c1-3-5-6-15-25-20-12-13-21(18(4-2)16-20)19-10-7-17(8-11-19)9-14-22(23)24/h7-8,10-13,16H,3-6,9,14-15H2,1-2H3,(H,23,24). The van der Waals surface area contributed by atoms with Crippen molar-refractivity contribution in [2.75, 3.05) is 6.61 Å². The number of carboxylic acids is 1. The van der Waals surface area contributed by atoms with Crippen molar-refractivity contribution in [1.82, 2.24) is 0 Å². The molecule has 2 aromatic rings. The van der Waals surface area contributed by atoms with Crippen LogP contribution in [0, 0.1) is 0 Å². The number of benzene rings is 2. The molecule has 0 atom stereocenters. The van der Waals surface area contributed by atoms with Gasteiger partial charge in [-0.1, -0.05) is 57.0 Å². The minimum Gasteiger partial charge on any atom is -0.494 e. The first-order chi connectivity index (χ1) is 12.1. The maximum atomic E-state index is 10.7. The number of rotatable bonds is 10. The summed E-state index contributed by atoms with van der Waals surface area (Å²) < 4.78 is 5.86. The molecule has 3 heteroatoms. The van der Waals surface area contributed by atoms with Crippen LogP contribution in [-0.4, -0.2) is 17.7 Å². The highest BCUT2D eigenvalue weighted by atomic mass is 16.5. The summed E-state index contributed by atoms with van der Waals surface area (Å²) in [5.74, 6) is 0.182. The molecule has 2 rings (SSSR count). The zero-order chi connectivity index (χ0) is 18.1. The van der Waals surface area contributed by atoms with Crippen LogP contribution in [0.25, 0.3) is 11.1 Å². The molecule has 0 saturated heterocycles. The lowest BCUT2D eigenvalue weighted by atomic mass is 9.96. The molecule has 0 aromatic heterocycles. The number of hydrogen-bond acceptors (Lipinski definition) is 2. The van der Waals surface area contributed by atoms with E-state index in [1.54, 1.807) is 0 Å². The van der Waals surface area contributed by atoms with Crippen molar-refractivity contribution in [3.8, 4) is 16.9 Å². The molecular formula is C22H28O3. The van der Waals surface area contributed by atoms with Gasteiger partial charge in [-0.25, -0.2) is 0 Å². The fraction of sp³-hybridized carbons (Fsp3) is 0.409. The van der Waals surface area contributed by atoms with E-state index in [1.165, 1.54) is 24.0 Å². The third-order valence-corrected chi connectivity index (χ3v) is 4.37. The van der Waals surface area contributed by atoms with Gasteiger partial charge in [-0.3, -0.25) is 4.79 Å². The van der Waals surface area contributed by atoms with Crippen molar-refractivity contribution in [2.24, 2.45) is 0 Å².